The number of H-pyrrole nitrogens is 3. The smallest absolute Gasteiger partial charge is 0.327 e. The molecule has 0 bridgehead atoms. The number of hydrogen-bond donors (Lipinski definition) is 4. The van der Waals surface area contributed by atoms with Crippen LogP contribution in [-0.4, -0.2) is 19.9 Å². The van der Waals surface area contributed by atoms with Crippen molar-refractivity contribution in [1.29, 1.82) is 0 Å². The van der Waals surface area contributed by atoms with Crippen molar-refractivity contribution in [2.24, 2.45) is 0 Å². The van der Waals surface area contributed by atoms with E-state index in [1.165, 1.54) is 0 Å². The van der Waals surface area contributed by atoms with Gasteiger partial charge in [0, 0.05) is 5.56 Å². The van der Waals surface area contributed by atoms with Crippen LogP contribution in [0.15, 0.2) is 27.8 Å². The van der Waals surface area contributed by atoms with Crippen LogP contribution in [-0.2, 0) is 0 Å². The zero-order valence-corrected chi connectivity index (χ0v) is 10.2. The number of nitrogens with zero attached hydrogens (tertiary/aromatic N) is 1. The Morgan fingerprint density at radius 1 is 1.16 bits per heavy atom. The predicted octanol–water partition coefficient (Wildman–Crippen LogP) is 0.842. The molecule has 0 unspecified atom stereocenters. The first-order valence-corrected chi connectivity index (χ1v) is 5.70. The number of imidazole rings is 1. The Balaban J connectivity index is 2.26. The first kappa shape index (κ1) is 11.5. The van der Waals surface area contributed by atoms with Crippen molar-refractivity contribution in [1.82, 2.24) is 19.9 Å². The van der Waals surface area contributed by atoms with Gasteiger partial charge in [-0.1, -0.05) is 11.6 Å². The van der Waals surface area contributed by atoms with E-state index in [0.29, 0.717) is 22.1 Å². The van der Waals surface area contributed by atoms with Gasteiger partial charge in [-0.2, -0.15) is 0 Å². The molecule has 8 heteroatoms. The molecule has 0 spiro atoms. The van der Waals surface area contributed by atoms with Gasteiger partial charge in [-0.3, -0.25) is 14.8 Å². The van der Waals surface area contributed by atoms with Crippen molar-refractivity contribution < 1.29 is 0 Å². The minimum atomic E-state index is -0.606. The molecule has 0 atom stereocenters. The molecule has 0 radical (unpaired) electrons. The quantitative estimate of drug-likeness (QED) is 0.493. The van der Waals surface area contributed by atoms with Crippen molar-refractivity contribution in [2.75, 3.05) is 5.73 Å². The second-order valence-electron chi connectivity index (χ2n) is 3.95. The Morgan fingerprint density at radius 2 is 1.95 bits per heavy atom. The predicted molar refractivity (Wildman–Crippen MR) is 72.2 cm³/mol. The molecule has 19 heavy (non-hydrogen) atoms. The molecule has 0 aliphatic rings. The van der Waals surface area contributed by atoms with Gasteiger partial charge in [-0.25, -0.2) is 9.78 Å². The second kappa shape index (κ2) is 3.99. The minimum Gasteiger partial charge on any atom is -0.398 e. The van der Waals surface area contributed by atoms with Crippen LogP contribution in [0.2, 0.25) is 5.02 Å². The maximum absolute atomic E-state index is 11.6. The van der Waals surface area contributed by atoms with E-state index in [1.807, 2.05) is 0 Å². The van der Waals surface area contributed by atoms with E-state index in [4.69, 9.17) is 17.3 Å². The summed E-state index contributed by atoms with van der Waals surface area (Å²) in [7, 11) is 0. The molecule has 0 fully saturated rings. The van der Waals surface area contributed by atoms with Crippen LogP contribution in [0, 0.1) is 0 Å². The van der Waals surface area contributed by atoms with Crippen molar-refractivity contribution in [3.63, 3.8) is 0 Å². The second-order valence-corrected chi connectivity index (χ2v) is 4.36. The van der Waals surface area contributed by atoms with Crippen LogP contribution in [0.3, 0.4) is 0 Å². The molecule has 3 aromatic rings. The van der Waals surface area contributed by atoms with Gasteiger partial charge in [-0.15, -0.1) is 0 Å². The number of aromatic amines is 3. The maximum Gasteiger partial charge on any atom is 0.327 e. The summed E-state index contributed by atoms with van der Waals surface area (Å²) in [4.78, 5) is 34.2. The number of nitrogen functional groups attached to an aromatic ring is 1. The zero-order chi connectivity index (χ0) is 13.6. The molecule has 2 heterocycles. The van der Waals surface area contributed by atoms with E-state index in [1.54, 1.807) is 18.2 Å². The van der Waals surface area contributed by atoms with Gasteiger partial charge in [0.2, 0.25) is 0 Å². The van der Waals surface area contributed by atoms with Crippen LogP contribution in [0.5, 0.6) is 0 Å². The summed E-state index contributed by atoms with van der Waals surface area (Å²) in [6.07, 6.45) is 0. The van der Waals surface area contributed by atoms with Gasteiger partial charge in [0.1, 0.15) is 11.3 Å². The summed E-state index contributed by atoms with van der Waals surface area (Å²) in [6.45, 7) is 0. The maximum atomic E-state index is 11.6. The van der Waals surface area contributed by atoms with Gasteiger partial charge in [0.05, 0.1) is 10.7 Å². The average Bonchev–Trinajstić information content (AvgIpc) is 2.76. The van der Waals surface area contributed by atoms with Crippen molar-refractivity contribution in [3.05, 3.63) is 44.1 Å². The first-order valence-electron chi connectivity index (χ1n) is 5.32. The number of halogens is 1. The number of benzene rings is 1. The molecular weight excluding hydrogens is 270 g/mol. The molecule has 2 aromatic heterocycles. The average molecular weight is 278 g/mol. The highest BCUT2D eigenvalue weighted by molar-refractivity contribution is 6.33. The van der Waals surface area contributed by atoms with Gasteiger partial charge >= 0.3 is 5.69 Å². The van der Waals surface area contributed by atoms with Gasteiger partial charge in [-0.05, 0) is 18.2 Å². The number of hydrogen-bond acceptors (Lipinski definition) is 4. The fraction of sp³-hybridized carbons (Fsp3) is 0. The lowest BCUT2D eigenvalue weighted by Gasteiger charge is -2.00. The van der Waals surface area contributed by atoms with Crippen LogP contribution in [0.25, 0.3) is 22.6 Å². The Hall–Kier alpha value is -2.54. The fourth-order valence-electron chi connectivity index (χ4n) is 1.74. The van der Waals surface area contributed by atoms with E-state index < -0.39 is 11.2 Å². The molecule has 0 aliphatic carbocycles. The monoisotopic (exact) mass is 277 g/mol. The van der Waals surface area contributed by atoms with E-state index in [9.17, 15) is 9.59 Å². The lowest BCUT2D eigenvalue weighted by Crippen LogP contribution is -2.21. The number of rotatable bonds is 1. The highest BCUT2D eigenvalue weighted by Gasteiger charge is 2.10. The number of fused-ring (bicyclic) bond motifs is 1. The molecule has 96 valence electrons. The molecular formula is C11H8ClN5O2. The Labute approximate surface area is 110 Å². The Bertz CT molecular complexity index is 892. The van der Waals surface area contributed by atoms with E-state index in [0.717, 1.165) is 0 Å². The van der Waals surface area contributed by atoms with Gasteiger partial charge in [0.15, 0.2) is 5.65 Å². The highest BCUT2D eigenvalue weighted by atomic mass is 35.5. The molecule has 5 N–H and O–H groups in total. The standard InChI is InChI=1S/C11H8ClN5O2/c12-5-3-4(1-2-6(5)13)8-14-7-9(15-8)16-11(19)17-10(7)18/h1-3H,13H2,(H3,14,15,16,17,18,19). The van der Waals surface area contributed by atoms with Crippen molar-refractivity contribution in [3.8, 4) is 11.4 Å². The summed E-state index contributed by atoms with van der Waals surface area (Å²) >= 11 is 5.93. The van der Waals surface area contributed by atoms with Crippen LogP contribution in [0.1, 0.15) is 0 Å². The van der Waals surface area contributed by atoms with Crippen molar-refractivity contribution in [2.45, 2.75) is 0 Å². The van der Waals surface area contributed by atoms with E-state index in [-0.39, 0.29) is 11.2 Å². The molecule has 0 saturated carbocycles. The van der Waals surface area contributed by atoms with Crippen LogP contribution in [0.4, 0.5) is 5.69 Å². The van der Waals surface area contributed by atoms with Gasteiger partial charge in [0.25, 0.3) is 5.56 Å². The number of nitrogens with one attached hydrogen (secondary N) is 3. The van der Waals surface area contributed by atoms with Crippen LogP contribution >= 0.6 is 11.6 Å². The van der Waals surface area contributed by atoms with Gasteiger partial charge < -0.3 is 10.7 Å². The molecule has 0 saturated heterocycles. The third kappa shape index (κ3) is 1.89. The summed E-state index contributed by atoms with van der Waals surface area (Å²) in [5.41, 5.74) is 5.99. The topological polar surface area (TPSA) is 120 Å². The lowest BCUT2D eigenvalue weighted by atomic mass is 10.2. The van der Waals surface area contributed by atoms with Crippen molar-refractivity contribution >= 4 is 28.5 Å². The largest absolute Gasteiger partial charge is 0.398 e. The molecule has 1 aromatic carbocycles. The summed E-state index contributed by atoms with van der Waals surface area (Å²) in [5, 5.41) is 0.389. The SMILES string of the molecule is Nc1ccc(-c2nc3[nH]c(=O)[nH]c(=O)c3[nH]2)cc1Cl. The van der Waals surface area contributed by atoms with E-state index >= 15 is 0 Å². The zero-order valence-electron chi connectivity index (χ0n) is 9.45. The lowest BCUT2D eigenvalue weighted by molar-refractivity contribution is 1.07. The molecule has 0 amide bonds. The first-order chi connectivity index (χ1) is 9.04. The minimum absolute atomic E-state index is 0.191. The highest BCUT2D eigenvalue weighted by Crippen LogP contribution is 2.25. The summed E-state index contributed by atoms with van der Waals surface area (Å²) in [5.74, 6) is 0.421. The van der Waals surface area contributed by atoms with Crippen LogP contribution < -0.4 is 17.0 Å². The third-order valence-corrected chi connectivity index (χ3v) is 2.99. The number of aromatic nitrogens is 4. The summed E-state index contributed by atoms with van der Waals surface area (Å²) in [6, 6.07) is 4.98. The molecule has 0 aliphatic heterocycles. The van der Waals surface area contributed by atoms with E-state index in [2.05, 4.69) is 19.9 Å². The Morgan fingerprint density at radius 3 is 2.68 bits per heavy atom. The fourth-order valence-corrected chi connectivity index (χ4v) is 1.92. The molecule has 3 rings (SSSR count). The summed E-state index contributed by atoms with van der Waals surface area (Å²) < 4.78 is 0. The number of anilines is 1. The Kier molecular flexibility index (Phi) is 2.42. The molecule has 7 nitrogen and oxygen atoms in total. The normalized spacial score (nSPS) is 11.0. The number of nitrogens with two attached hydrogens (primary N) is 1. The third-order valence-electron chi connectivity index (χ3n) is 2.66.